The zero-order valence-corrected chi connectivity index (χ0v) is 14.1. The average Bonchev–Trinajstić information content (AvgIpc) is 2.91. The molecule has 1 aliphatic carbocycles. The molecule has 1 saturated heterocycles. The second-order valence-electron chi connectivity index (χ2n) is 6.68. The second kappa shape index (κ2) is 5.49. The number of fused-ring (bicyclic) bond motifs is 3. The van der Waals surface area contributed by atoms with E-state index in [0.29, 0.717) is 35.6 Å². The summed E-state index contributed by atoms with van der Waals surface area (Å²) in [6.07, 6.45) is 3.52. The van der Waals surface area contributed by atoms with Crippen molar-refractivity contribution < 1.29 is 13.2 Å². The summed E-state index contributed by atoms with van der Waals surface area (Å²) in [6.45, 7) is 1.33. The van der Waals surface area contributed by atoms with Crippen LogP contribution in [0.4, 0.5) is 0 Å². The molecule has 0 aromatic heterocycles. The lowest BCUT2D eigenvalue weighted by Gasteiger charge is -2.31. The van der Waals surface area contributed by atoms with E-state index in [1.807, 2.05) is 24.3 Å². The largest absolute Gasteiger partial charge is 0.496 e. The average molecular weight is 331 g/mol. The first kappa shape index (κ1) is 15.0. The smallest absolute Gasteiger partial charge is 0.243 e. The molecule has 4 rings (SSSR count). The molecule has 2 bridgehead atoms. The van der Waals surface area contributed by atoms with Crippen LogP contribution in [0.2, 0.25) is 0 Å². The Kier molecular flexibility index (Phi) is 3.58. The highest BCUT2D eigenvalue weighted by Gasteiger charge is 2.39. The number of sulfonamides is 1. The Morgan fingerprint density at radius 2 is 1.65 bits per heavy atom. The minimum atomic E-state index is -3.46. The maximum Gasteiger partial charge on any atom is 0.243 e. The molecule has 1 saturated carbocycles. The first-order chi connectivity index (χ1) is 11.1. The Balaban J connectivity index is 1.82. The number of rotatable bonds is 3. The molecule has 2 aromatic carbocycles. The predicted octanol–water partition coefficient (Wildman–Crippen LogP) is 3.27. The molecular weight excluding hydrogens is 310 g/mol. The zero-order chi connectivity index (χ0) is 16.0. The van der Waals surface area contributed by atoms with Gasteiger partial charge in [0, 0.05) is 23.9 Å². The zero-order valence-electron chi connectivity index (χ0n) is 13.2. The SMILES string of the molecule is COc1ccc(S(=O)(=O)N2CC3CCC(C3)C2)c2ccccc12. The lowest BCUT2D eigenvalue weighted by atomic mass is 10.0. The van der Waals surface area contributed by atoms with Crippen molar-refractivity contribution in [3.63, 3.8) is 0 Å². The lowest BCUT2D eigenvalue weighted by molar-refractivity contribution is 0.261. The van der Waals surface area contributed by atoms with Crippen molar-refractivity contribution in [2.75, 3.05) is 20.2 Å². The van der Waals surface area contributed by atoms with E-state index in [4.69, 9.17) is 4.74 Å². The molecule has 2 atom stereocenters. The van der Waals surface area contributed by atoms with E-state index in [9.17, 15) is 8.42 Å². The van der Waals surface area contributed by atoms with Gasteiger partial charge in [0.2, 0.25) is 10.0 Å². The number of nitrogens with zero attached hydrogens (tertiary/aromatic N) is 1. The quantitative estimate of drug-likeness (QED) is 0.867. The Morgan fingerprint density at radius 3 is 2.30 bits per heavy atom. The third kappa shape index (κ3) is 2.42. The van der Waals surface area contributed by atoms with Crippen molar-refractivity contribution in [3.05, 3.63) is 36.4 Å². The van der Waals surface area contributed by atoms with Gasteiger partial charge in [-0.05, 0) is 43.2 Å². The van der Waals surface area contributed by atoms with E-state index in [2.05, 4.69) is 0 Å². The normalized spacial score (nSPS) is 24.9. The van der Waals surface area contributed by atoms with Crippen LogP contribution in [0.3, 0.4) is 0 Å². The summed E-state index contributed by atoms with van der Waals surface area (Å²) in [5.41, 5.74) is 0. The molecule has 2 fully saturated rings. The topological polar surface area (TPSA) is 46.6 Å². The van der Waals surface area contributed by atoms with Crippen LogP contribution in [0, 0.1) is 11.8 Å². The van der Waals surface area contributed by atoms with Crippen molar-refractivity contribution in [1.82, 2.24) is 4.31 Å². The number of hydrogen-bond acceptors (Lipinski definition) is 3. The van der Waals surface area contributed by atoms with Crippen LogP contribution >= 0.6 is 0 Å². The summed E-state index contributed by atoms with van der Waals surface area (Å²) >= 11 is 0. The molecule has 0 radical (unpaired) electrons. The third-order valence-electron chi connectivity index (χ3n) is 5.26. The molecule has 5 heteroatoms. The van der Waals surface area contributed by atoms with E-state index < -0.39 is 10.0 Å². The van der Waals surface area contributed by atoms with Crippen LogP contribution in [0.5, 0.6) is 5.75 Å². The summed E-state index contributed by atoms with van der Waals surface area (Å²) in [5.74, 6) is 1.78. The molecule has 0 N–H and O–H groups in total. The molecule has 2 unspecified atom stereocenters. The lowest BCUT2D eigenvalue weighted by Crippen LogP contribution is -2.40. The number of methoxy groups -OCH3 is 1. The highest BCUT2D eigenvalue weighted by atomic mass is 32.2. The van der Waals surface area contributed by atoms with Gasteiger partial charge >= 0.3 is 0 Å². The number of ether oxygens (including phenoxy) is 1. The number of hydrogen-bond donors (Lipinski definition) is 0. The molecular formula is C18H21NO3S. The highest BCUT2D eigenvalue weighted by molar-refractivity contribution is 7.89. The van der Waals surface area contributed by atoms with Crippen LogP contribution in [-0.4, -0.2) is 32.9 Å². The van der Waals surface area contributed by atoms with Gasteiger partial charge in [0.15, 0.2) is 0 Å². The van der Waals surface area contributed by atoms with Crippen molar-refractivity contribution in [3.8, 4) is 5.75 Å². The summed E-state index contributed by atoms with van der Waals surface area (Å²) in [7, 11) is -1.85. The maximum atomic E-state index is 13.2. The van der Waals surface area contributed by atoms with E-state index in [-0.39, 0.29) is 0 Å². The minimum Gasteiger partial charge on any atom is -0.496 e. The van der Waals surface area contributed by atoms with Crippen molar-refractivity contribution in [1.29, 1.82) is 0 Å². The van der Waals surface area contributed by atoms with Crippen LogP contribution in [-0.2, 0) is 10.0 Å². The third-order valence-corrected chi connectivity index (χ3v) is 7.15. The van der Waals surface area contributed by atoms with E-state index in [0.717, 1.165) is 10.8 Å². The molecule has 0 spiro atoms. The van der Waals surface area contributed by atoms with Gasteiger partial charge in [0.1, 0.15) is 5.75 Å². The van der Waals surface area contributed by atoms with Crippen molar-refractivity contribution in [2.45, 2.75) is 24.2 Å². The molecule has 122 valence electrons. The van der Waals surface area contributed by atoms with E-state index in [1.54, 1.807) is 23.5 Å². The molecule has 1 aliphatic heterocycles. The minimum absolute atomic E-state index is 0.398. The fraction of sp³-hybridized carbons (Fsp3) is 0.444. The van der Waals surface area contributed by atoms with E-state index >= 15 is 0 Å². The fourth-order valence-corrected chi connectivity index (χ4v) is 5.93. The molecule has 23 heavy (non-hydrogen) atoms. The Bertz CT molecular complexity index is 834. The molecule has 1 heterocycles. The summed E-state index contributed by atoms with van der Waals surface area (Å²) in [6, 6.07) is 11.0. The summed E-state index contributed by atoms with van der Waals surface area (Å²) in [5, 5.41) is 1.58. The van der Waals surface area contributed by atoms with Crippen LogP contribution in [0.15, 0.2) is 41.3 Å². The second-order valence-corrected chi connectivity index (χ2v) is 8.59. The van der Waals surface area contributed by atoms with Gasteiger partial charge in [0.05, 0.1) is 12.0 Å². The van der Waals surface area contributed by atoms with Crippen LogP contribution in [0.1, 0.15) is 19.3 Å². The van der Waals surface area contributed by atoms with Gasteiger partial charge in [-0.2, -0.15) is 4.31 Å². The van der Waals surface area contributed by atoms with Gasteiger partial charge < -0.3 is 4.74 Å². The molecule has 2 aliphatic rings. The summed E-state index contributed by atoms with van der Waals surface area (Å²) in [4.78, 5) is 0.398. The molecule has 0 amide bonds. The van der Waals surface area contributed by atoms with E-state index in [1.165, 1.54) is 19.3 Å². The predicted molar refractivity (Wildman–Crippen MR) is 90.1 cm³/mol. The molecule has 2 aromatic rings. The van der Waals surface area contributed by atoms with Crippen molar-refractivity contribution >= 4 is 20.8 Å². The first-order valence-corrected chi connectivity index (χ1v) is 9.59. The van der Waals surface area contributed by atoms with Gasteiger partial charge in [-0.3, -0.25) is 0 Å². The summed E-state index contributed by atoms with van der Waals surface area (Å²) < 4.78 is 33.5. The van der Waals surface area contributed by atoms with Gasteiger partial charge in [-0.15, -0.1) is 0 Å². The van der Waals surface area contributed by atoms with Crippen LogP contribution < -0.4 is 4.74 Å². The van der Waals surface area contributed by atoms with Crippen molar-refractivity contribution in [2.24, 2.45) is 11.8 Å². The maximum absolute atomic E-state index is 13.2. The van der Waals surface area contributed by atoms with Crippen LogP contribution in [0.25, 0.3) is 10.8 Å². The Hall–Kier alpha value is -1.59. The van der Waals surface area contributed by atoms with Gasteiger partial charge in [0.25, 0.3) is 0 Å². The molecule has 4 nitrogen and oxygen atoms in total. The monoisotopic (exact) mass is 331 g/mol. The first-order valence-electron chi connectivity index (χ1n) is 8.15. The number of piperidine rings is 1. The fourth-order valence-electron chi connectivity index (χ4n) is 4.14. The van der Waals surface area contributed by atoms with Gasteiger partial charge in [-0.1, -0.05) is 24.3 Å². The Labute approximate surface area is 137 Å². The highest BCUT2D eigenvalue weighted by Crippen LogP contribution is 2.40. The number of benzene rings is 2. The standard InChI is InChI=1S/C18H21NO3S/c1-22-17-8-9-18(16-5-3-2-4-15(16)17)23(20,21)19-11-13-6-7-14(10-13)12-19/h2-5,8-9,13-14H,6-7,10-12H2,1H3. The van der Waals surface area contributed by atoms with Gasteiger partial charge in [-0.25, -0.2) is 8.42 Å². The Morgan fingerprint density at radius 1 is 1.00 bits per heavy atom.